The molecular weight excluding hydrogens is 94.0 g/mol. The van der Waals surface area contributed by atoms with Crippen LogP contribution in [0.2, 0.25) is 0 Å². The zero-order valence-electron chi connectivity index (χ0n) is 4.47. The van der Waals surface area contributed by atoms with Crippen molar-refractivity contribution in [3.63, 3.8) is 0 Å². The fraction of sp³-hybridized carbons (Fsp3) is 0.500. The number of hydrogen-bond acceptors (Lipinski definition) is 2. The highest BCUT2D eigenvalue weighted by molar-refractivity contribution is 5.45. The summed E-state index contributed by atoms with van der Waals surface area (Å²) < 4.78 is 0. The lowest BCUT2D eigenvalue weighted by molar-refractivity contribution is -0.367. The predicted octanol–water partition coefficient (Wildman–Crippen LogP) is -1.14. The number of nitrogens with one attached hydrogen (secondary N) is 1. The number of aldehydes is 1. The Hall–Kier alpha value is -0.860. The molecule has 1 N–H and O–H groups in total. The van der Waals surface area contributed by atoms with Crippen LogP contribution in [-0.2, 0) is 4.79 Å². The van der Waals surface area contributed by atoms with Gasteiger partial charge >= 0.3 is 0 Å². The molecule has 0 aromatic rings. The average molecular weight is 103 g/mol. The first-order valence-electron chi connectivity index (χ1n) is 1.88. The molecule has 0 rings (SSSR count). The van der Waals surface area contributed by atoms with Crippen molar-refractivity contribution >= 4 is 12.5 Å². The summed E-state index contributed by atoms with van der Waals surface area (Å²) in [7, 11) is 0. The molecule has 0 radical (unpaired) electrons. The van der Waals surface area contributed by atoms with E-state index in [0.717, 1.165) is 6.29 Å². The molecule has 0 aliphatic rings. The molecule has 0 aliphatic heterocycles. The largest absolute Gasteiger partial charge is 0.626 e. The fourth-order valence-electron chi connectivity index (χ4n) is 0. The van der Waals surface area contributed by atoms with E-state index in [1.807, 2.05) is 0 Å². The van der Waals surface area contributed by atoms with Crippen molar-refractivity contribution in [3.05, 3.63) is 5.21 Å². The minimum atomic E-state index is 0.750. The van der Waals surface area contributed by atoms with Crippen LogP contribution >= 0.6 is 0 Å². The molecule has 0 aromatic heterocycles. The monoisotopic (exact) mass is 103 g/mol. The number of hydrogen-bond donors (Lipinski definition) is 1. The van der Waals surface area contributed by atoms with Crippen molar-refractivity contribution in [2.75, 3.05) is 0 Å². The molecule has 0 amide bonds. The van der Waals surface area contributed by atoms with Gasteiger partial charge in [-0.05, 0) is 6.92 Å². The third kappa shape index (κ3) is 2590. The molecule has 0 fully saturated rings. The third-order valence-corrected chi connectivity index (χ3v) is 0.118. The van der Waals surface area contributed by atoms with Gasteiger partial charge in [0.1, 0.15) is 12.5 Å². The summed E-state index contributed by atoms with van der Waals surface area (Å²) in [5, 5.41) is 10.5. The van der Waals surface area contributed by atoms with Crippen LogP contribution in [0.3, 0.4) is 0 Å². The summed E-state index contributed by atoms with van der Waals surface area (Å²) in [5.41, 5.74) is 0. The van der Waals surface area contributed by atoms with Gasteiger partial charge in [0.25, 0.3) is 0 Å². The molecule has 0 spiro atoms. The van der Waals surface area contributed by atoms with Gasteiger partial charge in [-0.25, -0.2) is 5.16 Å². The summed E-state index contributed by atoms with van der Waals surface area (Å²) in [6.07, 6.45) is 2.07. The topological polar surface area (TPSA) is 54.1 Å². The number of rotatable bonds is 0. The van der Waals surface area contributed by atoms with Gasteiger partial charge in [0.2, 0.25) is 0 Å². The van der Waals surface area contributed by atoms with Crippen molar-refractivity contribution in [1.82, 2.24) is 0 Å². The molecule has 0 heterocycles. The van der Waals surface area contributed by atoms with Gasteiger partial charge in [-0.2, -0.15) is 0 Å². The minimum Gasteiger partial charge on any atom is -0.626 e. The van der Waals surface area contributed by atoms with Crippen LogP contribution < -0.4 is 5.16 Å². The normalized spacial score (nSPS) is 7.14. The van der Waals surface area contributed by atoms with Crippen LogP contribution in [0.25, 0.3) is 0 Å². The Morgan fingerprint density at radius 3 is 1.71 bits per heavy atom. The Bertz CT molecular complexity index is 47.7. The molecule has 0 saturated heterocycles. The van der Waals surface area contributed by atoms with E-state index < -0.39 is 0 Å². The second-order valence-electron chi connectivity index (χ2n) is 0.642. The van der Waals surface area contributed by atoms with E-state index in [1.54, 1.807) is 12.1 Å². The molecule has 3 nitrogen and oxygen atoms in total. The van der Waals surface area contributed by atoms with E-state index in [4.69, 9.17) is 10.0 Å². The highest BCUT2D eigenvalue weighted by Gasteiger charge is 1.36. The van der Waals surface area contributed by atoms with E-state index in [9.17, 15) is 0 Å². The summed E-state index contributed by atoms with van der Waals surface area (Å²) in [6.45, 7) is 3.08. The second-order valence-corrected chi connectivity index (χ2v) is 0.642. The Morgan fingerprint density at radius 1 is 1.57 bits per heavy atom. The molecule has 0 bridgehead atoms. The van der Waals surface area contributed by atoms with Crippen LogP contribution in [0.15, 0.2) is 0 Å². The van der Waals surface area contributed by atoms with Gasteiger partial charge < -0.3 is 10.0 Å². The van der Waals surface area contributed by atoms with Crippen LogP contribution in [0.5, 0.6) is 0 Å². The van der Waals surface area contributed by atoms with Gasteiger partial charge in [0.05, 0.1) is 0 Å². The summed E-state index contributed by atoms with van der Waals surface area (Å²) in [4.78, 5) is 8.81. The molecule has 3 heteroatoms. The summed E-state index contributed by atoms with van der Waals surface area (Å²) in [5.74, 6) is 0. The SMILES string of the molecule is CC=O.CC=[NH+][O-]. The van der Waals surface area contributed by atoms with E-state index in [1.165, 1.54) is 13.1 Å². The molecule has 0 unspecified atom stereocenters. The lowest BCUT2D eigenvalue weighted by Crippen LogP contribution is -2.59. The zero-order chi connectivity index (χ0) is 6.12. The maximum Gasteiger partial charge on any atom is 0.145 e. The van der Waals surface area contributed by atoms with E-state index in [-0.39, 0.29) is 0 Å². The molecule has 0 aromatic carbocycles. The number of carbonyl (C=O) groups is 1. The van der Waals surface area contributed by atoms with Crippen LogP contribution in [0, 0.1) is 5.21 Å². The van der Waals surface area contributed by atoms with Gasteiger partial charge in [0, 0.05) is 6.92 Å². The maximum atomic E-state index is 8.99. The molecule has 7 heavy (non-hydrogen) atoms. The zero-order valence-corrected chi connectivity index (χ0v) is 4.47. The number of carbonyl (C=O) groups excluding carboxylic acids is 1. The van der Waals surface area contributed by atoms with Crippen LogP contribution in [-0.4, -0.2) is 12.5 Å². The van der Waals surface area contributed by atoms with E-state index in [2.05, 4.69) is 0 Å². The first-order valence-corrected chi connectivity index (χ1v) is 1.88. The average Bonchev–Trinajstić information content (AvgIpc) is 1.69. The molecular formula is C4H9NO2. The van der Waals surface area contributed by atoms with Crippen molar-refractivity contribution in [1.29, 1.82) is 0 Å². The second kappa shape index (κ2) is 19.2. The first-order chi connectivity index (χ1) is 3.33. The highest BCUT2D eigenvalue weighted by Crippen LogP contribution is 1.13. The standard InChI is InChI=1S/C2H5NO.C2H4O/c1-2-3-4;1-2-3/h2-3H,1H3;2H,1H3. The molecule has 42 valence electrons. The lowest BCUT2D eigenvalue weighted by atomic mass is 10.9. The van der Waals surface area contributed by atoms with Crippen molar-refractivity contribution < 1.29 is 9.95 Å². The first kappa shape index (κ1) is 9.46. The van der Waals surface area contributed by atoms with Gasteiger partial charge in [-0.15, -0.1) is 0 Å². The van der Waals surface area contributed by atoms with Crippen LogP contribution in [0.1, 0.15) is 13.8 Å². The molecule has 0 aliphatic carbocycles. The van der Waals surface area contributed by atoms with Gasteiger partial charge in [0.15, 0.2) is 0 Å². The van der Waals surface area contributed by atoms with Gasteiger partial charge in [-0.1, -0.05) is 0 Å². The molecule has 0 saturated carbocycles. The van der Waals surface area contributed by atoms with Crippen LogP contribution in [0.4, 0.5) is 0 Å². The van der Waals surface area contributed by atoms with Crippen molar-refractivity contribution in [3.8, 4) is 0 Å². The molecule has 0 atom stereocenters. The Balaban J connectivity index is 0. The highest BCUT2D eigenvalue weighted by atomic mass is 16.4. The smallest absolute Gasteiger partial charge is 0.145 e. The Morgan fingerprint density at radius 2 is 1.71 bits per heavy atom. The summed E-state index contributed by atoms with van der Waals surface area (Å²) >= 11 is 0. The Labute approximate surface area is 42.6 Å². The van der Waals surface area contributed by atoms with E-state index >= 15 is 0 Å². The van der Waals surface area contributed by atoms with Crippen molar-refractivity contribution in [2.45, 2.75) is 13.8 Å². The third-order valence-electron chi connectivity index (χ3n) is 0.118. The Kier molecular flexibility index (Phi) is 26.0. The fourth-order valence-corrected chi connectivity index (χ4v) is 0. The van der Waals surface area contributed by atoms with Crippen molar-refractivity contribution in [2.24, 2.45) is 0 Å². The van der Waals surface area contributed by atoms with E-state index in [0.29, 0.717) is 0 Å². The maximum absolute atomic E-state index is 8.99. The summed E-state index contributed by atoms with van der Waals surface area (Å²) in [6, 6.07) is 0. The van der Waals surface area contributed by atoms with Gasteiger partial charge in [-0.3, -0.25) is 0 Å². The quantitative estimate of drug-likeness (QED) is 0.182. The predicted molar refractivity (Wildman–Crippen MR) is 27.8 cm³/mol. The minimum absolute atomic E-state index is 0.750. The lowest BCUT2D eigenvalue weighted by Gasteiger charge is -1.64.